The standard InChI is InChI=1S/C9H13NO3/c11-9(12)4-6-10-5-3-8-2-1-7-13-8/h1-2,7,10H,3-6H2,(H,11,12). The molecule has 1 heterocycles. The minimum absolute atomic E-state index is 0.165. The maximum absolute atomic E-state index is 10.1. The molecule has 1 aromatic rings. The van der Waals surface area contributed by atoms with Crippen molar-refractivity contribution in [2.45, 2.75) is 12.8 Å². The molecule has 4 heteroatoms. The molecule has 0 saturated carbocycles. The summed E-state index contributed by atoms with van der Waals surface area (Å²) in [7, 11) is 0. The Hall–Kier alpha value is -1.29. The first kappa shape index (κ1) is 9.80. The monoisotopic (exact) mass is 183 g/mol. The van der Waals surface area contributed by atoms with Crippen molar-refractivity contribution in [1.29, 1.82) is 0 Å². The normalized spacial score (nSPS) is 10.2. The van der Waals surface area contributed by atoms with E-state index in [0.29, 0.717) is 6.54 Å². The second-order valence-electron chi connectivity index (χ2n) is 2.72. The van der Waals surface area contributed by atoms with Crippen LogP contribution in [0, 0.1) is 0 Å². The Balaban J connectivity index is 1.99. The number of rotatable bonds is 6. The van der Waals surface area contributed by atoms with Gasteiger partial charge in [0.1, 0.15) is 5.76 Å². The van der Waals surface area contributed by atoms with Crippen molar-refractivity contribution < 1.29 is 14.3 Å². The molecule has 1 rings (SSSR count). The van der Waals surface area contributed by atoms with E-state index in [0.717, 1.165) is 18.7 Å². The van der Waals surface area contributed by atoms with Gasteiger partial charge < -0.3 is 14.8 Å². The zero-order valence-corrected chi connectivity index (χ0v) is 7.32. The minimum atomic E-state index is -0.773. The minimum Gasteiger partial charge on any atom is -0.481 e. The maximum Gasteiger partial charge on any atom is 0.304 e. The number of hydrogen-bond acceptors (Lipinski definition) is 3. The fourth-order valence-corrected chi connectivity index (χ4v) is 0.987. The van der Waals surface area contributed by atoms with Crippen molar-refractivity contribution in [3.63, 3.8) is 0 Å². The van der Waals surface area contributed by atoms with Crippen LogP contribution in [0.2, 0.25) is 0 Å². The summed E-state index contributed by atoms with van der Waals surface area (Å²) in [5.41, 5.74) is 0. The molecule has 0 amide bonds. The third-order valence-corrected chi connectivity index (χ3v) is 1.64. The van der Waals surface area contributed by atoms with Crippen molar-refractivity contribution in [3.8, 4) is 0 Å². The van der Waals surface area contributed by atoms with Gasteiger partial charge in [-0.2, -0.15) is 0 Å². The Morgan fingerprint density at radius 1 is 1.54 bits per heavy atom. The third-order valence-electron chi connectivity index (χ3n) is 1.64. The predicted octanol–water partition coefficient (Wildman–Crippen LogP) is 0.886. The predicted molar refractivity (Wildman–Crippen MR) is 47.5 cm³/mol. The van der Waals surface area contributed by atoms with Gasteiger partial charge in [0.05, 0.1) is 12.7 Å². The largest absolute Gasteiger partial charge is 0.481 e. The van der Waals surface area contributed by atoms with Gasteiger partial charge in [-0.25, -0.2) is 0 Å². The second kappa shape index (κ2) is 5.37. The molecule has 0 aliphatic heterocycles. The molecule has 13 heavy (non-hydrogen) atoms. The lowest BCUT2D eigenvalue weighted by Crippen LogP contribution is -2.20. The average Bonchev–Trinajstić information content (AvgIpc) is 2.55. The summed E-state index contributed by atoms with van der Waals surface area (Å²) in [4.78, 5) is 10.1. The maximum atomic E-state index is 10.1. The fourth-order valence-electron chi connectivity index (χ4n) is 0.987. The van der Waals surface area contributed by atoms with E-state index < -0.39 is 5.97 Å². The van der Waals surface area contributed by atoms with Gasteiger partial charge in [0.25, 0.3) is 0 Å². The lowest BCUT2D eigenvalue weighted by atomic mass is 10.3. The number of furan rings is 1. The number of carbonyl (C=O) groups is 1. The van der Waals surface area contributed by atoms with Gasteiger partial charge >= 0.3 is 5.97 Å². The highest BCUT2D eigenvalue weighted by atomic mass is 16.4. The van der Waals surface area contributed by atoms with Crippen LogP contribution in [0.3, 0.4) is 0 Å². The van der Waals surface area contributed by atoms with Crippen LogP contribution in [0.4, 0.5) is 0 Å². The zero-order chi connectivity index (χ0) is 9.52. The first-order valence-electron chi connectivity index (χ1n) is 4.24. The molecule has 0 radical (unpaired) electrons. The van der Waals surface area contributed by atoms with Gasteiger partial charge in [0.2, 0.25) is 0 Å². The van der Waals surface area contributed by atoms with E-state index in [2.05, 4.69) is 5.32 Å². The number of nitrogens with one attached hydrogen (secondary N) is 1. The lowest BCUT2D eigenvalue weighted by molar-refractivity contribution is -0.136. The molecule has 72 valence electrons. The molecular weight excluding hydrogens is 170 g/mol. The molecule has 0 aliphatic carbocycles. The van der Waals surface area contributed by atoms with E-state index >= 15 is 0 Å². The number of aliphatic carboxylic acids is 1. The number of carboxylic acids is 1. The molecule has 0 atom stereocenters. The lowest BCUT2D eigenvalue weighted by Gasteiger charge is -1.99. The van der Waals surface area contributed by atoms with Crippen LogP contribution in [0.25, 0.3) is 0 Å². The smallest absolute Gasteiger partial charge is 0.304 e. The highest BCUT2D eigenvalue weighted by molar-refractivity contribution is 5.66. The zero-order valence-electron chi connectivity index (χ0n) is 7.32. The van der Waals surface area contributed by atoms with Gasteiger partial charge in [0.15, 0.2) is 0 Å². The summed E-state index contributed by atoms with van der Waals surface area (Å²) in [5, 5.41) is 11.4. The molecular formula is C9H13NO3. The van der Waals surface area contributed by atoms with E-state index in [1.807, 2.05) is 12.1 Å². The summed E-state index contributed by atoms with van der Waals surface area (Å²) < 4.78 is 5.10. The summed E-state index contributed by atoms with van der Waals surface area (Å²) >= 11 is 0. The molecule has 0 aromatic carbocycles. The SMILES string of the molecule is O=C(O)CCNCCc1ccco1. The van der Waals surface area contributed by atoms with Gasteiger partial charge in [-0.05, 0) is 12.1 Å². The van der Waals surface area contributed by atoms with E-state index in [9.17, 15) is 4.79 Å². The number of hydrogen-bond donors (Lipinski definition) is 2. The van der Waals surface area contributed by atoms with E-state index in [1.54, 1.807) is 6.26 Å². The summed E-state index contributed by atoms with van der Waals surface area (Å²) in [6, 6.07) is 3.74. The van der Waals surface area contributed by atoms with Crippen LogP contribution in [0.1, 0.15) is 12.2 Å². The summed E-state index contributed by atoms with van der Waals surface area (Å²) in [5.74, 6) is 0.147. The first-order valence-corrected chi connectivity index (χ1v) is 4.24. The van der Waals surface area contributed by atoms with Crippen LogP contribution >= 0.6 is 0 Å². The Bertz CT molecular complexity index is 243. The highest BCUT2D eigenvalue weighted by Gasteiger charge is 1.97. The summed E-state index contributed by atoms with van der Waals surface area (Å²) in [6.45, 7) is 1.26. The topological polar surface area (TPSA) is 62.5 Å². The molecule has 0 spiro atoms. The molecule has 1 aromatic heterocycles. The Morgan fingerprint density at radius 3 is 3.00 bits per heavy atom. The molecule has 0 aliphatic rings. The van der Waals surface area contributed by atoms with Crippen LogP contribution < -0.4 is 5.32 Å². The van der Waals surface area contributed by atoms with Crippen LogP contribution in [0.5, 0.6) is 0 Å². The fraction of sp³-hybridized carbons (Fsp3) is 0.444. The summed E-state index contributed by atoms with van der Waals surface area (Å²) in [6.07, 6.45) is 2.59. The third kappa shape index (κ3) is 4.32. The van der Waals surface area contributed by atoms with Crippen molar-refractivity contribution in [3.05, 3.63) is 24.2 Å². The van der Waals surface area contributed by atoms with Gasteiger partial charge in [-0.15, -0.1) is 0 Å². The van der Waals surface area contributed by atoms with Gasteiger partial charge in [0, 0.05) is 19.5 Å². The van der Waals surface area contributed by atoms with Gasteiger partial charge in [-0.3, -0.25) is 4.79 Å². The van der Waals surface area contributed by atoms with Crippen molar-refractivity contribution in [2.24, 2.45) is 0 Å². The Kier molecular flexibility index (Phi) is 4.05. The second-order valence-corrected chi connectivity index (χ2v) is 2.72. The molecule has 0 saturated heterocycles. The van der Waals surface area contributed by atoms with Crippen molar-refractivity contribution in [1.82, 2.24) is 5.32 Å². The van der Waals surface area contributed by atoms with E-state index in [1.165, 1.54) is 0 Å². The average molecular weight is 183 g/mol. The molecule has 0 bridgehead atoms. The molecule has 2 N–H and O–H groups in total. The van der Waals surface area contributed by atoms with Crippen LogP contribution in [-0.4, -0.2) is 24.2 Å². The van der Waals surface area contributed by atoms with Crippen molar-refractivity contribution in [2.75, 3.05) is 13.1 Å². The molecule has 4 nitrogen and oxygen atoms in total. The van der Waals surface area contributed by atoms with E-state index in [4.69, 9.17) is 9.52 Å². The Morgan fingerprint density at radius 2 is 2.38 bits per heavy atom. The molecule has 0 unspecified atom stereocenters. The van der Waals surface area contributed by atoms with Crippen LogP contribution in [-0.2, 0) is 11.2 Å². The van der Waals surface area contributed by atoms with E-state index in [-0.39, 0.29) is 6.42 Å². The Labute approximate surface area is 76.6 Å². The first-order chi connectivity index (χ1) is 6.29. The molecule has 0 fully saturated rings. The highest BCUT2D eigenvalue weighted by Crippen LogP contribution is 1.99. The van der Waals surface area contributed by atoms with Crippen molar-refractivity contribution >= 4 is 5.97 Å². The number of carboxylic acid groups (broad SMARTS) is 1. The van der Waals surface area contributed by atoms with Crippen LogP contribution in [0.15, 0.2) is 22.8 Å². The van der Waals surface area contributed by atoms with Gasteiger partial charge in [-0.1, -0.05) is 0 Å². The quantitative estimate of drug-likeness (QED) is 0.643.